The van der Waals surface area contributed by atoms with Crippen LogP contribution in [0.3, 0.4) is 0 Å². The molecule has 4 heterocycles. The average Bonchev–Trinajstić information content (AvgIpc) is 3.14. The Morgan fingerprint density at radius 3 is 3.09 bits per heavy atom. The summed E-state index contributed by atoms with van der Waals surface area (Å²) in [5.41, 5.74) is 2.12. The number of anilines is 1. The second kappa shape index (κ2) is 5.30. The molecule has 0 spiro atoms. The van der Waals surface area contributed by atoms with Crippen LogP contribution in [0.2, 0.25) is 0 Å². The molecule has 1 saturated heterocycles. The zero-order valence-corrected chi connectivity index (χ0v) is 11.6. The minimum Gasteiger partial charge on any atom is -0.362 e. The summed E-state index contributed by atoms with van der Waals surface area (Å²) in [4.78, 5) is 13.0. The zero-order chi connectivity index (χ0) is 14.9. The SMILES string of the molecule is F[C@H]1CNC[C@@H]1Nc1cncc(-c2cnc3cccnn23)n1. The molecule has 0 unspecified atom stereocenters. The third-order valence-electron chi connectivity index (χ3n) is 3.65. The van der Waals surface area contributed by atoms with Crippen molar-refractivity contribution in [1.29, 1.82) is 0 Å². The minimum absolute atomic E-state index is 0.287. The molecule has 0 radical (unpaired) electrons. The van der Waals surface area contributed by atoms with E-state index in [0.29, 0.717) is 24.6 Å². The summed E-state index contributed by atoms with van der Waals surface area (Å²) in [7, 11) is 0. The quantitative estimate of drug-likeness (QED) is 0.748. The van der Waals surface area contributed by atoms with E-state index in [2.05, 4.69) is 30.7 Å². The molecule has 7 nitrogen and oxygen atoms in total. The van der Waals surface area contributed by atoms with E-state index in [9.17, 15) is 4.39 Å². The summed E-state index contributed by atoms with van der Waals surface area (Å²) >= 11 is 0. The van der Waals surface area contributed by atoms with Crippen molar-refractivity contribution in [2.75, 3.05) is 18.4 Å². The Labute approximate surface area is 125 Å². The highest BCUT2D eigenvalue weighted by atomic mass is 19.1. The number of aromatic nitrogens is 5. The number of alkyl halides is 1. The first kappa shape index (κ1) is 13.1. The lowest BCUT2D eigenvalue weighted by Crippen LogP contribution is -2.29. The minimum atomic E-state index is -0.928. The van der Waals surface area contributed by atoms with E-state index in [1.807, 2.05) is 12.1 Å². The lowest BCUT2D eigenvalue weighted by Gasteiger charge is -2.14. The van der Waals surface area contributed by atoms with E-state index >= 15 is 0 Å². The van der Waals surface area contributed by atoms with Crippen molar-refractivity contribution in [2.45, 2.75) is 12.2 Å². The van der Waals surface area contributed by atoms with E-state index in [1.54, 1.807) is 29.3 Å². The van der Waals surface area contributed by atoms with Gasteiger partial charge in [0, 0.05) is 19.3 Å². The number of fused-ring (bicyclic) bond motifs is 1. The molecule has 3 aromatic rings. The van der Waals surface area contributed by atoms with Crippen LogP contribution in [0.25, 0.3) is 17.0 Å². The molecule has 0 saturated carbocycles. The number of hydrogen-bond acceptors (Lipinski definition) is 6. The van der Waals surface area contributed by atoms with Crippen molar-refractivity contribution < 1.29 is 4.39 Å². The van der Waals surface area contributed by atoms with Crippen molar-refractivity contribution in [3.8, 4) is 11.4 Å². The Morgan fingerprint density at radius 2 is 2.23 bits per heavy atom. The molecule has 1 aliphatic heterocycles. The van der Waals surface area contributed by atoms with Gasteiger partial charge in [0.15, 0.2) is 5.65 Å². The lowest BCUT2D eigenvalue weighted by atomic mass is 10.2. The van der Waals surface area contributed by atoms with Crippen molar-refractivity contribution in [3.63, 3.8) is 0 Å². The Hall–Kier alpha value is -2.61. The van der Waals surface area contributed by atoms with E-state index in [0.717, 1.165) is 11.3 Å². The lowest BCUT2D eigenvalue weighted by molar-refractivity contribution is 0.342. The van der Waals surface area contributed by atoms with Crippen LogP contribution < -0.4 is 10.6 Å². The van der Waals surface area contributed by atoms with Crippen LogP contribution in [0.5, 0.6) is 0 Å². The molecule has 2 N–H and O–H groups in total. The van der Waals surface area contributed by atoms with E-state index in [-0.39, 0.29) is 6.04 Å². The molecular weight excluding hydrogens is 285 g/mol. The van der Waals surface area contributed by atoms with Gasteiger partial charge in [-0.3, -0.25) is 4.98 Å². The fourth-order valence-electron chi connectivity index (χ4n) is 2.54. The maximum absolute atomic E-state index is 13.7. The number of rotatable bonds is 3. The molecule has 112 valence electrons. The number of imidazole rings is 1. The summed E-state index contributed by atoms with van der Waals surface area (Å²) in [5, 5.41) is 10.3. The van der Waals surface area contributed by atoms with Crippen LogP contribution in [0.1, 0.15) is 0 Å². The zero-order valence-electron chi connectivity index (χ0n) is 11.6. The molecular formula is C14H14FN7. The van der Waals surface area contributed by atoms with Crippen LogP contribution in [0.15, 0.2) is 36.9 Å². The highest BCUT2D eigenvalue weighted by Gasteiger charge is 2.26. The van der Waals surface area contributed by atoms with Gasteiger partial charge in [-0.1, -0.05) is 0 Å². The fourth-order valence-corrected chi connectivity index (χ4v) is 2.54. The summed E-state index contributed by atoms with van der Waals surface area (Å²) in [6.07, 6.45) is 5.69. The Bertz CT molecular complexity index is 802. The van der Waals surface area contributed by atoms with Gasteiger partial charge in [-0.05, 0) is 12.1 Å². The molecule has 0 amide bonds. The van der Waals surface area contributed by atoms with Gasteiger partial charge in [-0.25, -0.2) is 18.9 Å². The molecule has 1 fully saturated rings. The molecule has 8 heteroatoms. The van der Waals surface area contributed by atoms with Gasteiger partial charge in [0.2, 0.25) is 0 Å². The molecule has 3 aromatic heterocycles. The van der Waals surface area contributed by atoms with Crippen molar-refractivity contribution in [2.24, 2.45) is 0 Å². The Kier molecular flexibility index (Phi) is 3.15. The largest absolute Gasteiger partial charge is 0.362 e. The van der Waals surface area contributed by atoms with E-state index < -0.39 is 6.17 Å². The number of halogens is 1. The molecule has 4 rings (SSSR count). The Balaban J connectivity index is 1.67. The maximum Gasteiger partial charge on any atom is 0.154 e. The fraction of sp³-hybridized carbons (Fsp3) is 0.286. The Morgan fingerprint density at radius 1 is 1.27 bits per heavy atom. The monoisotopic (exact) mass is 299 g/mol. The predicted octanol–water partition coefficient (Wildman–Crippen LogP) is 0.908. The van der Waals surface area contributed by atoms with Crippen LogP contribution in [0, 0.1) is 0 Å². The second-order valence-corrected chi connectivity index (χ2v) is 5.15. The first-order chi connectivity index (χ1) is 10.8. The summed E-state index contributed by atoms with van der Waals surface area (Å²) in [6.45, 7) is 0.937. The smallest absolute Gasteiger partial charge is 0.154 e. The van der Waals surface area contributed by atoms with Gasteiger partial charge >= 0.3 is 0 Å². The second-order valence-electron chi connectivity index (χ2n) is 5.15. The van der Waals surface area contributed by atoms with Gasteiger partial charge in [-0.2, -0.15) is 5.10 Å². The number of nitrogens with zero attached hydrogens (tertiary/aromatic N) is 5. The molecule has 1 aliphatic rings. The topological polar surface area (TPSA) is 80.0 Å². The molecule has 0 aromatic carbocycles. The normalized spacial score (nSPS) is 21.3. The van der Waals surface area contributed by atoms with E-state index in [4.69, 9.17) is 0 Å². The third-order valence-corrected chi connectivity index (χ3v) is 3.65. The van der Waals surface area contributed by atoms with Gasteiger partial charge < -0.3 is 10.6 Å². The van der Waals surface area contributed by atoms with Gasteiger partial charge in [0.25, 0.3) is 0 Å². The van der Waals surface area contributed by atoms with Crippen LogP contribution in [-0.2, 0) is 0 Å². The number of nitrogens with one attached hydrogen (secondary N) is 2. The van der Waals surface area contributed by atoms with Gasteiger partial charge in [0.1, 0.15) is 23.4 Å². The number of hydrogen-bond donors (Lipinski definition) is 2. The standard InChI is InChI=1S/C14H14FN7/c15-9-4-16-5-10(9)20-13-8-17-6-11(21-13)12-7-18-14-2-1-3-19-22(12)14/h1-3,6-10,16H,4-5H2,(H,20,21)/t9-,10-/m0/s1. The van der Waals surface area contributed by atoms with Crippen LogP contribution in [-0.4, -0.2) is 49.9 Å². The maximum atomic E-state index is 13.7. The third kappa shape index (κ3) is 2.27. The van der Waals surface area contributed by atoms with Crippen molar-refractivity contribution in [1.82, 2.24) is 29.9 Å². The molecule has 0 bridgehead atoms. The predicted molar refractivity (Wildman–Crippen MR) is 79.2 cm³/mol. The highest BCUT2D eigenvalue weighted by Crippen LogP contribution is 2.19. The van der Waals surface area contributed by atoms with Crippen molar-refractivity contribution in [3.05, 3.63) is 36.9 Å². The van der Waals surface area contributed by atoms with Gasteiger partial charge in [0.05, 0.1) is 24.6 Å². The van der Waals surface area contributed by atoms with Crippen LogP contribution in [0.4, 0.5) is 10.2 Å². The summed E-state index contributed by atoms with van der Waals surface area (Å²) < 4.78 is 15.4. The summed E-state index contributed by atoms with van der Waals surface area (Å²) in [5.74, 6) is 0.541. The average molecular weight is 299 g/mol. The van der Waals surface area contributed by atoms with Crippen molar-refractivity contribution >= 4 is 11.5 Å². The van der Waals surface area contributed by atoms with Crippen LogP contribution >= 0.6 is 0 Å². The van der Waals surface area contributed by atoms with Gasteiger partial charge in [-0.15, -0.1) is 0 Å². The molecule has 22 heavy (non-hydrogen) atoms. The summed E-state index contributed by atoms with van der Waals surface area (Å²) in [6, 6.07) is 3.40. The molecule has 0 aliphatic carbocycles. The van der Waals surface area contributed by atoms with E-state index in [1.165, 1.54) is 0 Å². The first-order valence-electron chi connectivity index (χ1n) is 7.04. The highest BCUT2D eigenvalue weighted by molar-refractivity contribution is 5.59. The first-order valence-corrected chi connectivity index (χ1v) is 7.04. The molecule has 2 atom stereocenters.